The Morgan fingerprint density at radius 2 is 2.00 bits per heavy atom. The predicted molar refractivity (Wildman–Crippen MR) is 78.6 cm³/mol. The highest BCUT2D eigenvalue weighted by Gasteiger charge is 2.06. The van der Waals surface area contributed by atoms with E-state index in [0.29, 0.717) is 5.92 Å². The maximum atomic E-state index is 5.34. The summed E-state index contributed by atoms with van der Waals surface area (Å²) in [5.41, 5.74) is 2.44. The Labute approximate surface area is 111 Å². The van der Waals surface area contributed by atoms with Crippen LogP contribution in [0.3, 0.4) is 0 Å². The van der Waals surface area contributed by atoms with Gasteiger partial charge in [0.15, 0.2) is 0 Å². The zero-order valence-corrected chi connectivity index (χ0v) is 12.0. The van der Waals surface area contributed by atoms with Crippen molar-refractivity contribution >= 4 is 5.69 Å². The Hall–Kier alpha value is -1.22. The van der Waals surface area contributed by atoms with Crippen LogP contribution in [-0.2, 0) is 6.42 Å². The molecule has 1 atom stereocenters. The van der Waals surface area contributed by atoms with Crippen LogP contribution in [0.5, 0.6) is 5.75 Å². The number of aryl methyl sites for hydroxylation is 1. The number of hydrogen-bond acceptors (Lipinski definition) is 3. The molecule has 0 saturated carbocycles. The molecule has 0 aliphatic rings. The monoisotopic (exact) mass is 250 g/mol. The first-order chi connectivity index (χ1) is 8.74. The summed E-state index contributed by atoms with van der Waals surface area (Å²) in [5, 5.41) is 6.75. The largest absolute Gasteiger partial charge is 0.496 e. The third-order valence-corrected chi connectivity index (χ3v) is 3.33. The van der Waals surface area contributed by atoms with E-state index in [1.54, 1.807) is 7.11 Å². The molecule has 0 aromatic heterocycles. The van der Waals surface area contributed by atoms with Crippen LogP contribution < -0.4 is 15.4 Å². The van der Waals surface area contributed by atoms with Crippen LogP contribution in [0.4, 0.5) is 5.69 Å². The summed E-state index contributed by atoms with van der Waals surface area (Å²) in [6.07, 6.45) is 2.18. The summed E-state index contributed by atoms with van der Waals surface area (Å²) in [6, 6.07) is 6.31. The highest BCUT2D eigenvalue weighted by Crippen LogP contribution is 2.23. The molecule has 0 amide bonds. The second-order valence-electron chi connectivity index (χ2n) is 4.59. The van der Waals surface area contributed by atoms with Crippen molar-refractivity contribution in [3.63, 3.8) is 0 Å². The Balaban J connectivity index is 2.61. The van der Waals surface area contributed by atoms with Gasteiger partial charge in [-0.2, -0.15) is 0 Å². The van der Waals surface area contributed by atoms with Gasteiger partial charge in [-0.1, -0.05) is 20.3 Å². The highest BCUT2D eigenvalue weighted by atomic mass is 16.5. The van der Waals surface area contributed by atoms with Gasteiger partial charge in [0, 0.05) is 12.2 Å². The number of methoxy groups -OCH3 is 1. The van der Waals surface area contributed by atoms with Gasteiger partial charge >= 0.3 is 0 Å². The summed E-state index contributed by atoms with van der Waals surface area (Å²) >= 11 is 0. The number of nitrogens with one attached hydrogen (secondary N) is 2. The van der Waals surface area contributed by atoms with Gasteiger partial charge in [0.1, 0.15) is 5.75 Å². The zero-order chi connectivity index (χ0) is 13.4. The number of ether oxygens (including phenoxy) is 1. The average Bonchev–Trinajstić information content (AvgIpc) is 2.42. The van der Waals surface area contributed by atoms with E-state index >= 15 is 0 Å². The summed E-state index contributed by atoms with van der Waals surface area (Å²) < 4.78 is 5.34. The molecule has 0 radical (unpaired) electrons. The van der Waals surface area contributed by atoms with Gasteiger partial charge in [-0.3, -0.25) is 0 Å². The molecule has 0 spiro atoms. The minimum Gasteiger partial charge on any atom is -0.496 e. The molecular weight excluding hydrogens is 224 g/mol. The van der Waals surface area contributed by atoms with Crippen LogP contribution in [0.1, 0.15) is 25.8 Å². The van der Waals surface area contributed by atoms with E-state index in [1.165, 1.54) is 17.7 Å². The number of anilines is 1. The van der Waals surface area contributed by atoms with Crippen molar-refractivity contribution in [2.75, 3.05) is 32.6 Å². The topological polar surface area (TPSA) is 33.3 Å². The van der Waals surface area contributed by atoms with E-state index in [9.17, 15) is 0 Å². The standard InChI is InChI=1S/C15H26N2O/c1-5-12(10-16-3)11-17-14-7-8-15(18-4)13(6-2)9-14/h7-9,12,16-17H,5-6,10-11H2,1-4H3. The molecule has 1 aromatic carbocycles. The lowest BCUT2D eigenvalue weighted by molar-refractivity contribution is 0.410. The Kier molecular flexibility index (Phi) is 6.58. The van der Waals surface area contributed by atoms with Crippen molar-refractivity contribution in [3.8, 4) is 5.75 Å². The van der Waals surface area contributed by atoms with Crippen LogP contribution in [0.25, 0.3) is 0 Å². The molecule has 18 heavy (non-hydrogen) atoms. The Bertz CT molecular complexity index is 352. The molecule has 0 bridgehead atoms. The van der Waals surface area contributed by atoms with E-state index in [4.69, 9.17) is 4.74 Å². The maximum Gasteiger partial charge on any atom is 0.122 e. The van der Waals surface area contributed by atoms with E-state index in [0.717, 1.165) is 25.3 Å². The summed E-state index contributed by atoms with van der Waals surface area (Å²) in [7, 11) is 3.73. The summed E-state index contributed by atoms with van der Waals surface area (Å²) in [4.78, 5) is 0. The molecular formula is C15H26N2O. The van der Waals surface area contributed by atoms with Crippen LogP contribution in [0.15, 0.2) is 18.2 Å². The van der Waals surface area contributed by atoms with Gasteiger partial charge in [-0.15, -0.1) is 0 Å². The van der Waals surface area contributed by atoms with Crippen molar-refractivity contribution in [1.82, 2.24) is 5.32 Å². The average molecular weight is 250 g/mol. The van der Waals surface area contributed by atoms with Crippen LogP contribution in [-0.4, -0.2) is 27.2 Å². The van der Waals surface area contributed by atoms with Gasteiger partial charge in [-0.25, -0.2) is 0 Å². The minimum absolute atomic E-state index is 0.669. The van der Waals surface area contributed by atoms with Crippen molar-refractivity contribution in [3.05, 3.63) is 23.8 Å². The van der Waals surface area contributed by atoms with Gasteiger partial charge in [-0.05, 0) is 49.7 Å². The quantitative estimate of drug-likeness (QED) is 0.744. The molecule has 1 unspecified atom stereocenters. The Morgan fingerprint density at radius 3 is 2.56 bits per heavy atom. The van der Waals surface area contributed by atoms with Crippen molar-refractivity contribution in [2.24, 2.45) is 5.92 Å². The SMILES string of the molecule is CCc1cc(NCC(CC)CNC)ccc1OC. The van der Waals surface area contributed by atoms with E-state index in [-0.39, 0.29) is 0 Å². The maximum absolute atomic E-state index is 5.34. The lowest BCUT2D eigenvalue weighted by Crippen LogP contribution is -2.24. The minimum atomic E-state index is 0.669. The van der Waals surface area contributed by atoms with Gasteiger partial charge in [0.05, 0.1) is 7.11 Å². The van der Waals surface area contributed by atoms with Crippen LogP contribution in [0, 0.1) is 5.92 Å². The van der Waals surface area contributed by atoms with Gasteiger partial charge < -0.3 is 15.4 Å². The molecule has 0 aliphatic carbocycles. The van der Waals surface area contributed by atoms with Gasteiger partial charge in [0.25, 0.3) is 0 Å². The lowest BCUT2D eigenvalue weighted by atomic mass is 10.1. The number of rotatable bonds is 8. The number of hydrogen-bond donors (Lipinski definition) is 2. The van der Waals surface area contributed by atoms with Crippen molar-refractivity contribution in [1.29, 1.82) is 0 Å². The fourth-order valence-electron chi connectivity index (χ4n) is 2.08. The van der Waals surface area contributed by atoms with E-state index in [1.807, 2.05) is 13.1 Å². The van der Waals surface area contributed by atoms with Crippen LogP contribution >= 0.6 is 0 Å². The first-order valence-electron chi connectivity index (χ1n) is 6.80. The van der Waals surface area contributed by atoms with Crippen molar-refractivity contribution in [2.45, 2.75) is 26.7 Å². The molecule has 1 aromatic rings. The normalized spacial score (nSPS) is 12.2. The van der Waals surface area contributed by atoms with Gasteiger partial charge in [0.2, 0.25) is 0 Å². The Morgan fingerprint density at radius 1 is 1.22 bits per heavy atom. The third kappa shape index (κ3) is 4.22. The summed E-state index contributed by atoms with van der Waals surface area (Å²) in [5.74, 6) is 1.65. The van der Waals surface area contributed by atoms with Crippen molar-refractivity contribution < 1.29 is 4.74 Å². The summed E-state index contributed by atoms with van der Waals surface area (Å²) in [6.45, 7) is 6.44. The van der Waals surface area contributed by atoms with E-state index in [2.05, 4.69) is 36.6 Å². The first kappa shape index (κ1) is 14.8. The molecule has 0 heterocycles. The number of benzene rings is 1. The van der Waals surface area contributed by atoms with E-state index < -0.39 is 0 Å². The molecule has 102 valence electrons. The zero-order valence-electron chi connectivity index (χ0n) is 12.0. The molecule has 1 rings (SSSR count). The highest BCUT2D eigenvalue weighted by molar-refractivity contribution is 5.51. The fourth-order valence-corrected chi connectivity index (χ4v) is 2.08. The molecule has 3 nitrogen and oxygen atoms in total. The van der Waals surface area contributed by atoms with Crippen LogP contribution in [0.2, 0.25) is 0 Å². The molecule has 0 saturated heterocycles. The first-order valence-corrected chi connectivity index (χ1v) is 6.80. The second kappa shape index (κ2) is 7.98. The molecule has 0 fully saturated rings. The molecule has 2 N–H and O–H groups in total. The smallest absolute Gasteiger partial charge is 0.122 e. The molecule has 3 heteroatoms. The molecule has 0 aliphatic heterocycles. The second-order valence-corrected chi connectivity index (χ2v) is 4.59. The third-order valence-electron chi connectivity index (χ3n) is 3.33. The predicted octanol–water partition coefficient (Wildman–Crippen LogP) is 2.92. The lowest BCUT2D eigenvalue weighted by Gasteiger charge is -2.17. The fraction of sp³-hybridized carbons (Fsp3) is 0.600.